The van der Waals surface area contributed by atoms with Gasteiger partial charge in [0.25, 0.3) is 0 Å². The summed E-state index contributed by atoms with van der Waals surface area (Å²) in [6, 6.07) is 6.38. The number of allylic oxidation sites excluding steroid dienone is 1. The van der Waals surface area contributed by atoms with E-state index in [-0.39, 0.29) is 0 Å². The third-order valence-corrected chi connectivity index (χ3v) is 3.10. The molecule has 0 radical (unpaired) electrons. The fourth-order valence-corrected chi connectivity index (χ4v) is 2.11. The van der Waals surface area contributed by atoms with E-state index < -0.39 is 0 Å². The second kappa shape index (κ2) is 6.41. The van der Waals surface area contributed by atoms with Crippen LogP contribution in [0, 0.1) is 0 Å². The SMILES string of the molecule is CCC/C=C/c1cc(Br)ccc1CBr. The van der Waals surface area contributed by atoms with Gasteiger partial charge in [-0.05, 0) is 29.7 Å². The highest BCUT2D eigenvalue weighted by Gasteiger charge is 1.98. The predicted molar refractivity (Wildman–Crippen MR) is 70.7 cm³/mol. The molecule has 0 atom stereocenters. The summed E-state index contributed by atoms with van der Waals surface area (Å²) in [4.78, 5) is 0. The fraction of sp³-hybridized carbons (Fsp3) is 0.333. The molecule has 14 heavy (non-hydrogen) atoms. The molecule has 0 bridgehead atoms. The lowest BCUT2D eigenvalue weighted by atomic mass is 10.1. The van der Waals surface area contributed by atoms with E-state index in [1.54, 1.807) is 0 Å². The van der Waals surface area contributed by atoms with Crippen molar-refractivity contribution in [2.75, 3.05) is 0 Å². The second-order valence-electron chi connectivity index (χ2n) is 3.17. The van der Waals surface area contributed by atoms with Crippen LogP contribution in [0.25, 0.3) is 6.08 Å². The summed E-state index contributed by atoms with van der Waals surface area (Å²) >= 11 is 6.98. The molecule has 0 aliphatic carbocycles. The zero-order valence-corrected chi connectivity index (χ0v) is 11.4. The first-order chi connectivity index (χ1) is 6.77. The van der Waals surface area contributed by atoms with Crippen molar-refractivity contribution < 1.29 is 0 Å². The summed E-state index contributed by atoms with van der Waals surface area (Å²) in [5, 5.41) is 0.909. The Morgan fingerprint density at radius 2 is 2.14 bits per heavy atom. The van der Waals surface area contributed by atoms with Gasteiger partial charge in [-0.1, -0.05) is 63.4 Å². The Labute approximate surface area is 103 Å². The molecule has 0 fully saturated rings. The monoisotopic (exact) mass is 316 g/mol. The Kier molecular flexibility index (Phi) is 5.49. The van der Waals surface area contributed by atoms with E-state index in [9.17, 15) is 0 Å². The smallest absolute Gasteiger partial charge is 0.0289 e. The van der Waals surface area contributed by atoms with Gasteiger partial charge in [0.2, 0.25) is 0 Å². The van der Waals surface area contributed by atoms with Crippen LogP contribution in [-0.4, -0.2) is 0 Å². The molecule has 0 unspecified atom stereocenters. The van der Waals surface area contributed by atoms with Gasteiger partial charge in [0.05, 0.1) is 0 Å². The number of benzene rings is 1. The van der Waals surface area contributed by atoms with Crippen LogP contribution in [-0.2, 0) is 5.33 Å². The summed E-state index contributed by atoms with van der Waals surface area (Å²) in [7, 11) is 0. The first-order valence-corrected chi connectivity index (χ1v) is 6.70. The molecule has 0 amide bonds. The summed E-state index contributed by atoms with van der Waals surface area (Å²) in [5.74, 6) is 0. The maximum atomic E-state index is 3.49. The highest BCUT2D eigenvalue weighted by atomic mass is 79.9. The van der Waals surface area contributed by atoms with Crippen molar-refractivity contribution >= 4 is 37.9 Å². The van der Waals surface area contributed by atoms with Crippen LogP contribution in [0.4, 0.5) is 0 Å². The Hall–Kier alpha value is -0.0800. The Morgan fingerprint density at radius 1 is 1.36 bits per heavy atom. The van der Waals surface area contributed by atoms with Gasteiger partial charge in [-0.3, -0.25) is 0 Å². The minimum Gasteiger partial charge on any atom is -0.0876 e. The summed E-state index contributed by atoms with van der Waals surface area (Å²) < 4.78 is 1.14. The standard InChI is InChI=1S/C12H14Br2/c1-2-3-4-5-10-8-12(14)7-6-11(10)9-13/h4-8H,2-3,9H2,1H3/b5-4+. The number of hydrogen-bond donors (Lipinski definition) is 0. The topological polar surface area (TPSA) is 0 Å². The second-order valence-corrected chi connectivity index (χ2v) is 4.64. The first-order valence-electron chi connectivity index (χ1n) is 4.79. The molecule has 2 heteroatoms. The molecule has 1 rings (SSSR count). The molecule has 0 nitrogen and oxygen atoms in total. The van der Waals surface area contributed by atoms with Gasteiger partial charge >= 0.3 is 0 Å². The van der Waals surface area contributed by atoms with Crippen LogP contribution in [0.2, 0.25) is 0 Å². The summed E-state index contributed by atoms with van der Waals surface area (Å²) in [6.45, 7) is 2.19. The molecular formula is C12H14Br2. The average molecular weight is 318 g/mol. The van der Waals surface area contributed by atoms with E-state index in [2.05, 4.69) is 69.1 Å². The summed E-state index contributed by atoms with van der Waals surface area (Å²) in [5.41, 5.74) is 2.63. The van der Waals surface area contributed by atoms with Crippen molar-refractivity contribution in [2.45, 2.75) is 25.1 Å². The van der Waals surface area contributed by atoms with Crippen LogP contribution < -0.4 is 0 Å². The summed E-state index contributed by atoms with van der Waals surface area (Å²) in [6.07, 6.45) is 6.78. The molecule has 0 spiro atoms. The van der Waals surface area contributed by atoms with Crippen LogP contribution >= 0.6 is 31.9 Å². The van der Waals surface area contributed by atoms with Crippen molar-refractivity contribution in [3.8, 4) is 0 Å². The van der Waals surface area contributed by atoms with Crippen molar-refractivity contribution in [1.29, 1.82) is 0 Å². The van der Waals surface area contributed by atoms with Crippen molar-refractivity contribution in [3.05, 3.63) is 39.9 Å². The van der Waals surface area contributed by atoms with E-state index in [1.165, 1.54) is 17.5 Å². The Balaban J connectivity index is 2.87. The lowest BCUT2D eigenvalue weighted by molar-refractivity contribution is 0.962. The molecule has 0 saturated heterocycles. The lowest BCUT2D eigenvalue weighted by Crippen LogP contribution is -1.83. The molecular weight excluding hydrogens is 304 g/mol. The molecule has 76 valence electrons. The van der Waals surface area contributed by atoms with E-state index in [0.29, 0.717) is 0 Å². The number of halogens is 2. The van der Waals surface area contributed by atoms with Crippen LogP contribution in [0.15, 0.2) is 28.7 Å². The Bertz CT molecular complexity index is 316. The van der Waals surface area contributed by atoms with Crippen molar-refractivity contribution in [3.63, 3.8) is 0 Å². The number of alkyl halides is 1. The van der Waals surface area contributed by atoms with Gasteiger partial charge in [0, 0.05) is 9.80 Å². The van der Waals surface area contributed by atoms with Crippen LogP contribution in [0.5, 0.6) is 0 Å². The average Bonchev–Trinajstić information content (AvgIpc) is 2.19. The highest BCUT2D eigenvalue weighted by molar-refractivity contribution is 9.10. The minimum absolute atomic E-state index is 0.909. The van der Waals surface area contributed by atoms with Gasteiger partial charge in [-0.25, -0.2) is 0 Å². The zero-order chi connectivity index (χ0) is 10.4. The molecule has 0 N–H and O–H groups in total. The van der Waals surface area contributed by atoms with E-state index in [0.717, 1.165) is 16.2 Å². The van der Waals surface area contributed by atoms with E-state index in [1.807, 2.05) is 0 Å². The maximum absolute atomic E-state index is 3.49. The normalized spacial score (nSPS) is 11.1. The van der Waals surface area contributed by atoms with Gasteiger partial charge in [0.15, 0.2) is 0 Å². The quantitative estimate of drug-likeness (QED) is 0.673. The lowest BCUT2D eigenvalue weighted by Gasteiger charge is -2.02. The Morgan fingerprint density at radius 3 is 2.79 bits per heavy atom. The molecule has 1 aromatic rings. The molecule has 0 aromatic heterocycles. The van der Waals surface area contributed by atoms with E-state index >= 15 is 0 Å². The molecule has 0 aliphatic rings. The predicted octanol–water partition coefficient (Wildman–Crippen LogP) is 5.16. The van der Waals surface area contributed by atoms with Crippen molar-refractivity contribution in [1.82, 2.24) is 0 Å². The molecule has 1 aromatic carbocycles. The van der Waals surface area contributed by atoms with Gasteiger partial charge in [0.1, 0.15) is 0 Å². The number of rotatable bonds is 4. The van der Waals surface area contributed by atoms with Crippen molar-refractivity contribution in [2.24, 2.45) is 0 Å². The largest absolute Gasteiger partial charge is 0.0876 e. The minimum atomic E-state index is 0.909. The fourth-order valence-electron chi connectivity index (χ4n) is 1.22. The zero-order valence-electron chi connectivity index (χ0n) is 8.26. The molecule has 0 saturated carbocycles. The first kappa shape index (κ1) is 12.0. The maximum Gasteiger partial charge on any atom is 0.0289 e. The third kappa shape index (κ3) is 3.58. The van der Waals surface area contributed by atoms with Gasteiger partial charge < -0.3 is 0 Å². The van der Waals surface area contributed by atoms with Gasteiger partial charge in [-0.15, -0.1) is 0 Å². The van der Waals surface area contributed by atoms with Crippen LogP contribution in [0.3, 0.4) is 0 Å². The number of unbranched alkanes of at least 4 members (excludes halogenated alkanes) is 1. The third-order valence-electron chi connectivity index (χ3n) is 2.00. The number of hydrogen-bond acceptors (Lipinski definition) is 0. The van der Waals surface area contributed by atoms with Crippen LogP contribution in [0.1, 0.15) is 30.9 Å². The molecule has 0 heterocycles. The molecule has 0 aliphatic heterocycles. The van der Waals surface area contributed by atoms with E-state index in [4.69, 9.17) is 0 Å². The highest BCUT2D eigenvalue weighted by Crippen LogP contribution is 2.20. The van der Waals surface area contributed by atoms with Gasteiger partial charge in [-0.2, -0.15) is 0 Å².